The Bertz CT molecular complexity index is 725. The van der Waals surface area contributed by atoms with Gasteiger partial charge in [-0.1, -0.05) is 0 Å². The van der Waals surface area contributed by atoms with E-state index in [1.54, 1.807) is 11.0 Å². The number of rotatable bonds is 6. The van der Waals surface area contributed by atoms with Crippen molar-refractivity contribution in [3.8, 4) is 0 Å². The molecule has 0 saturated carbocycles. The van der Waals surface area contributed by atoms with E-state index < -0.39 is 0 Å². The molecule has 0 radical (unpaired) electrons. The van der Waals surface area contributed by atoms with Crippen LogP contribution in [0.3, 0.4) is 0 Å². The van der Waals surface area contributed by atoms with E-state index in [1.165, 1.54) is 12.1 Å². The molecular formula is C19H26FN3O2. The number of morpholine rings is 1. The molecule has 0 spiro atoms. The van der Waals surface area contributed by atoms with Crippen molar-refractivity contribution in [3.05, 3.63) is 35.8 Å². The molecule has 0 bridgehead atoms. The summed E-state index contributed by atoms with van der Waals surface area (Å²) in [6.07, 6.45) is 1.38. The van der Waals surface area contributed by atoms with Crippen molar-refractivity contribution >= 4 is 16.8 Å². The first-order valence-corrected chi connectivity index (χ1v) is 8.86. The van der Waals surface area contributed by atoms with Crippen molar-refractivity contribution in [1.82, 2.24) is 14.8 Å². The van der Waals surface area contributed by atoms with Crippen molar-refractivity contribution in [1.29, 1.82) is 0 Å². The number of halogens is 1. The van der Waals surface area contributed by atoms with E-state index in [9.17, 15) is 9.18 Å². The van der Waals surface area contributed by atoms with Gasteiger partial charge in [0.05, 0.1) is 19.8 Å². The second-order valence-corrected chi connectivity index (χ2v) is 6.81. The molecule has 25 heavy (non-hydrogen) atoms. The van der Waals surface area contributed by atoms with Gasteiger partial charge in [0.2, 0.25) is 5.91 Å². The van der Waals surface area contributed by atoms with E-state index >= 15 is 0 Å². The van der Waals surface area contributed by atoms with Gasteiger partial charge in [-0.2, -0.15) is 0 Å². The fourth-order valence-electron chi connectivity index (χ4n) is 3.32. The summed E-state index contributed by atoms with van der Waals surface area (Å²) >= 11 is 0. The maximum Gasteiger partial charge on any atom is 0.222 e. The van der Waals surface area contributed by atoms with Crippen molar-refractivity contribution in [2.24, 2.45) is 0 Å². The summed E-state index contributed by atoms with van der Waals surface area (Å²) in [6, 6.07) is 6.95. The summed E-state index contributed by atoms with van der Waals surface area (Å²) in [6.45, 7) is 6.11. The molecule has 6 heteroatoms. The number of carbonyl (C=O) groups is 1. The molecule has 1 fully saturated rings. The molecule has 2 aromatic rings. The number of ether oxygens (including phenoxy) is 1. The molecule has 0 unspecified atom stereocenters. The van der Waals surface area contributed by atoms with Gasteiger partial charge < -0.3 is 14.6 Å². The van der Waals surface area contributed by atoms with Crippen molar-refractivity contribution in [2.45, 2.75) is 32.4 Å². The molecule has 1 atom stereocenters. The van der Waals surface area contributed by atoms with E-state index in [0.717, 1.165) is 49.3 Å². The minimum absolute atomic E-state index is 0.130. The topological polar surface area (TPSA) is 48.6 Å². The summed E-state index contributed by atoms with van der Waals surface area (Å²) in [5.41, 5.74) is 1.80. The normalized spacial score (nSPS) is 16.9. The smallest absolute Gasteiger partial charge is 0.222 e. The van der Waals surface area contributed by atoms with Crippen LogP contribution in [0.2, 0.25) is 0 Å². The van der Waals surface area contributed by atoms with Crippen LogP contribution < -0.4 is 0 Å². The van der Waals surface area contributed by atoms with E-state index in [1.807, 2.05) is 13.1 Å². The Morgan fingerprint density at radius 2 is 2.12 bits per heavy atom. The van der Waals surface area contributed by atoms with Gasteiger partial charge in [0, 0.05) is 49.2 Å². The fourth-order valence-corrected chi connectivity index (χ4v) is 3.32. The lowest BCUT2D eigenvalue weighted by Crippen LogP contribution is -2.42. The molecule has 2 heterocycles. The second kappa shape index (κ2) is 7.97. The van der Waals surface area contributed by atoms with Crippen LogP contribution in [-0.2, 0) is 16.1 Å². The van der Waals surface area contributed by atoms with Crippen LogP contribution in [0, 0.1) is 5.82 Å². The zero-order valence-electron chi connectivity index (χ0n) is 14.9. The maximum absolute atomic E-state index is 13.3. The Kier molecular flexibility index (Phi) is 5.71. The number of H-pyrrole nitrogens is 1. The highest BCUT2D eigenvalue weighted by Crippen LogP contribution is 2.18. The third-order valence-electron chi connectivity index (χ3n) is 4.92. The van der Waals surface area contributed by atoms with Gasteiger partial charge in [-0.05, 0) is 37.6 Å². The fraction of sp³-hybridized carbons (Fsp3) is 0.526. The number of hydrogen-bond donors (Lipinski definition) is 1. The molecular weight excluding hydrogens is 321 g/mol. The molecule has 3 rings (SSSR count). The minimum atomic E-state index is -0.250. The van der Waals surface area contributed by atoms with Gasteiger partial charge in [-0.3, -0.25) is 9.69 Å². The molecule has 1 N–H and O–H groups in total. The summed E-state index contributed by atoms with van der Waals surface area (Å²) < 4.78 is 18.6. The minimum Gasteiger partial charge on any atom is -0.379 e. The molecule has 5 nitrogen and oxygen atoms in total. The first-order chi connectivity index (χ1) is 12.0. The number of fused-ring (bicyclic) bond motifs is 1. The number of hydrogen-bond acceptors (Lipinski definition) is 3. The van der Waals surface area contributed by atoms with Crippen LogP contribution in [-0.4, -0.2) is 60.1 Å². The maximum atomic E-state index is 13.3. The lowest BCUT2D eigenvalue weighted by Gasteiger charge is -2.32. The summed E-state index contributed by atoms with van der Waals surface area (Å²) in [4.78, 5) is 19.8. The predicted octanol–water partition coefficient (Wildman–Crippen LogP) is 2.77. The third kappa shape index (κ3) is 4.58. The van der Waals surface area contributed by atoms with Crippen LogP contribution in [0.5, 0.6) is 0 Å². The molecule has 1 aliphatic heterocycles. The second-order valence-electron chi connectivity index (χ2n) is 6.81. The number of benzene rings is 1. The number of aromatic nitrogens is 1. The SMILES string of the molecule is C[C@H](CCC(=O)N(C)Cc1cc2cc(F)ccc2[nH]1)N1CCOCC1. The van der Waals surface area contributed by atoms with Crippen molar-refractivity contribution < 1.29 is 13.9 Å². The standard InChI is InChI=1S/C19H26FN3O2/c1-14(23-7-9-25-10-8-23)3-6-19(24)22(2)13-17-12-15-11-16(20)4-5-18(15)21-17/h4-5,11-12,14,21H,3,6-10,13H2,1-2H3/t14-/m1/s1. The highest BCUT2D eigenvalue weighted by molar-refractivity contribution is 5.81. The lowest BCUT2D eigenvalue weighted by molar-refractivity contribution is -0.130. The predicted molar refractivity (Wildman–Crippen MR) is 95.8 cm³/mol. The van der Waals surface area contributed by atoms with Gasteiger partial charge >= 0.3 is 0 Å². The zero-order valence-corrected chi connectivity index (χ0v) is 14.9. The van der Waals surface area contributed by atoms with Crippen LogP contribution >= 0.6 is 0 Å². The summed E-state index contributed by atoms with van der Waals surface area (Å²) in [5.74, 6) is -0.121. The molecule has 1 aromatic carbocycles. The molecule has 1 saturated heterocycles. The van der Waals surface area contributed by atoms with Gasteiger partial charge in [0.25, 0.3) is 0 Å². The molecule has 136 valence electrons. The Balaban J connectivity index is 1.51. The highest BCUT2D eigenvalue weighted by Gasteiger charge is 2.19. The summed E-state index contributed by atoms with van der Waals surface area (Å²) in [5, 5.41) is 0.830. The number of nitrogens with zero attached hydrogens (tertiary/aromatic N) is 2. The van der Waals surface area contributed by atoms with E-state index in [0.29, 0.717) is 19.0 Å². The molecule has 1 amide bonds. The first-order valence-electron chi connectivity index (χ1n) is 8.86. The molecule has 1 aromatic heterocycles. The van der Waals surface area contributed by atoms with Crippen LogP contribution in [0.15, 0.2) is 24.3 Å². The highest BCUT2D eigenvalue weighted by atomic mass is 19.1. The van der Waals surface area contributed by atoms with Crippen LogP contribution in [0.4, 0.5) is 4.39 Å². The van der Waals surface area contributed by atoms with Crippen molar-refractivity contribution in [3.63, 3.8) is 0 Å². The monoisotopic (exact) mass is 347 g/mol. The van der Waals surface area contributed by atoms with E-state index in [4.69, 9.17) is 4.74 Å². The average Bonchev–Trinajstić information content (AvgIpc) is 3.01. The lowest BCUT2D eigenvalue weighted by atomic mass is 10.1. The largest absolute Gasteiger partial charge is 0.379 e. The van der Waals surface area contributed by atoms with E-state index in [2.05, 4.69) is 16.8 Å². The number of carbonyl (C=O) groups excluding carboxylic acids is 1. The first kappa shape index (κ1) is 17.9. The van der Waals surface area contributed by atoms with Crippen molar-refractivity contribution in [2.75, 3.05) is 33.4 Å². The quantitative estimate of drug-likeness (QED) is 0.874. The third-order valence-corrected chi connectivity index (χ3v) is 4.92. The molecule has 0 aliphatic carbocycles. The van der Waals surface area contributed by atoms with Gasteiger partial charge in [-0.25, -0.2) is 4.39 Å². The van der Waals surface area contributed by atoms with Gasteiger partial charge in [-0.15, -0.1) is 0 Å². The Hall–Kier alpha value is -1.92. The Morgan fingerprint density at radius 1 is 1.36 bits per heavy atom. The number of amides is 1. The molecule has 1 aliphatic rings. The summed E-state index contributed by atoms with van der Waals surface area (Å²) in [7, 11) is 1.81. The van der Waals surface area contributed by atoms with Crippen LogP contribution in [0.1, 0.15) is 25.5 Å². The van der Waals surface area contributed by atoms with Gasteiger partial charge in [0.1, 0.15) is 5.82 Å². The number of aromatic amines is 1. The zero-order chi connectivity index (χ0) is 17.8. The van der Waals surface area contributed by atoms with E-state index in [-0.39, 0.29) is 11.7 Å². The van der Waals surface area contributed by atoms with Crippen LogP contribution in [0.25, 0.3) is 10.9 Å². The number of nitrogens with one attached hydrogen (secondary N) is 1. The Labute approximate surface area is 147 Å². The average molecular weight is 347 g/mol. The Morgan fingerprint density at radius 3 is 2.88 bits per heavy atom. The van der Waals surface area contributed by atoms with Gasteiger partial charge in [0.15, 0.2) is 0 Å².